The lowest BCUT2D eigenvalue weighted by Gasteiger charge is -2.12. The minimum Gasteiger partial charge on any atom is -0.504 e. The Morgan fingerprint density at radius 2 is 1.64 bits per heavy atom. The van der Waals surface area contributed by atoms with Gasteiger partial charge in [-0.15, -0.1) is 0 Å². The maximum atomic E-state index is 10.8. The average molecular weight is 444 g/mol. The molecule has 1 heterocycles. The minimum absolute atomic E-state index is 0.0242. The molecule has 0 saturated carbocycles. The Morgan fingerprint density at radius 3 is 2.27 bits per heavy atom. The molecular formula is C27H29N3O3. The van der Waals surface area contributed by atoms with Crippen LogP contribution in [0.5, 0.6) is 17.2 Å². The Labute approximate surface area is 194 Å². The van der Waals surface area contributed by atoms with Crippen LogP contribution in [0.4, 0.5) is 5.69 Å². The number of rotatable bonds is 8. The van der Waals surface area contributed by atoms with Crippen molar-refractivity contribution in [1.82, 2.24) is 9.97 Å². The average Bonchev–Trinajstić information content (AvgIpc) is 3.27. The Hall–Kier alpha value is -3.93. The molecule has 0 amide bonds. The second kappa shape index (κ2) is 9.69. The van der Waals surface area contributed by atoms with Crippen LogP contribution < -0.4 is 14.4 Å². The van der Waals surface area contributed by atoms with E-state index in [9.17, 15) is 5.11 Å². The molecule has 4 rings (SSSR count). The third kappa shape index (κ3) is 4.80. The highest BCUT2D eigenvalue weighted by molar-refractivity contribution is 5.75. The van der Waals surface area contributed by atoms with Gasteiger partial charge in [-0.25, -0.2) is 4.98 Å². The van der Waals surface area contributed by atoms with E-state index in [-0.39, 0.29) is 5.75 Å². The van der Waals surface area contributed by atoms with Crippen molar-refractivity contribution in [1.29, 1.82) is 0 Å². The van der Waals surface area contributed by atoms with Crippen LogP contribution in [0.25, 0.3) is 22.6 Å². The van der Waals surface area contributed by atoms with Gasteiger partial charge in [0.1, 0.15) is 11.6 Å². The van der Waals surface area contributed by atoms with Crippen molar-refractivity contribution in [3.8, 4) is 39.9 Å². The van der Waals surface area contributed by atoms with Crippen LogP contribution >= 0.6 is 0 Å². The fraction of sp³-hybridized carbons (Fsp3) is 0.222. The highest BCUT2D eigenvalue weighted by Gasteiger charge is 2.19. The summed E-state index contributed by atoms with van der Waals surface area (Å²) in [7, 11) is 7.14. The molecule has 3 aromatic carbocycles. The van der Waals surface area contributed by atoms with Crippen molar-refractivity contribution in [3.63, 3.8) is 0 Å². The van der Waals surface area contributed by atoms with Gasteiger partial charge in [0.05, 0.1) is 25.5 Å². The summed E-state index contributed by atoms with van der Waals surface area (Å²) in [5.41, 5.74) is 5.80. The number of aromatic hydroxyl groups is 1. The molecule has 0 aliphatic rings. The first-order chi connectivity index (χ1) is 16.0. The maximum Gasteiger partial charge on any atom is 0.169 e. The van der Waals surface area contributed by atoms with E-state index in [0.29, 0.717) is 22.9 Å². The zero-order valence-electron chi connectivity index (χ0n) is 19.4. The molecular weight excluding hydrogens is 414 g/mol. The molecule has 0 unspecified atom stereocenters. The molecule has 0 aliphatic carbocycles. The molecule has 0 bridgehead atoms. The van der Waals surface area contributed by atoms with E-state index in [1.807, 2.05) is 20.2 Å². The maximum absolute atomic E-state index is 10.8. The Kier molecular flexibility index (Phi) is 6.54. The zero-order valence-corrected chi connectivity index (χ0v) is 19.4. The summed E-state index contributed by atoms with van der Waals surface area (Å²) >= 11 is 0. The van der Waals surface area contributed by atoms with Gasteiger partial charge in [0, 0.05) is 37.1 Å². The fourth-order valence-corrected chi connectivity index (χ4v) is 3.82. The number of methoxy groups -OCH3 is 2. The Morgan fingerprint density at radius 1 is 0.909 bits per heavy atom. The molecule has 2 N–H and O–H groups in total. The number of aryl methyl sites for hydroxylation is 2. The number of nitrogens with zero attached hydrogens (tertiary/aromatic N) is 2. The van der Waals surface area contributed by atoms with Crippen molar-refractivity contribution < 1.29 is 14.6 Å². The number of benzene rings is 3. The lowest BCUT2D eigenvalue weighted by atomic mass is 10.0. The van der Waals surface area contributed by atoms with Gasteiger partial charge in [0.2, 0.25) is 0 Å². The Balaban J connectivity index is 1.78. The highest BCUT2D eigenvalue weighted by Crippen LogP contribution is 2.41. The van der Waals surface area contributed by atoms with E-state index in [0.717, 1.165) is 35.5 Å². The van der Waals surface area contributed by atoms with Crippen molar-refractivity contribution >= 4 is 5.69 Å². The first-order valence-electron chi connectivity index (χ1n) is 10.9. The number of anilines is 1. The topological polar surface area (TPSA) is 70.6 Å². The molecule has 0 aliphatic heterocycles. The van der Waals surface area contributed by atoms with E-state index in [1.165, 1.54) is 12.7 Å². The van der Waals surface area contributed by atoms with Crippen LogP contribution in [-0.2, 0) is 12.8 Å². The standard InChI is InChI=1S/C27H29N3O3/c1-30(2)20-13-11-19(12-14-20)25-23(15-10-18-8-6-5-7-9-18)28-27(29-25)22-16-21(32-3)17-24(33-4)26(22)31/h5-9,11-14,16-17,31H,10,15H2,1-4H3,(H,28,29). The number of hydrogen-bond acceptors (Lipinski definition) is 5. The van der Waals surface area contributed by atoms with Gasteiger partial charge in [-0.05, 0) is 36.6 Å². The van der Waals surface area contributed by atoms with Crippen LogP contribution in [0.1, 0.15) is 11.3 Å². The predicted octanol–water partition coefficient (Wildman–Crippen LogP) is 5.32. The summed E-state index contributed by atoms with van der Waals surface area (Å²) < 4.78 is 10.7. The van der Waals surface area contributed by atoms with E-state index in [1.54, 1.807) is 19.2 Å². The summed E-state index contributed by atoms with van der Waals surface area (Å²) in [5.74, 6) is 1.51. The number of H-pyrrole nitrogens is 1. The quantitative estimate of drug-likeness (QED) is 0.386. The first-order valence-corrected chi connectivity index (χ1v) is 10.9. The second-order valence-corrected chi connectivity index (χ2v) is 8.07. The molecule has 6 heteroatoms. The molecule has 0 atom stereocenters. The normalized spacial score (nSPS) is 10.8. The van der Waals surface area contributed by atoms with Gasteiger partial charge in [-0.3, -0.25) is 0 Å². The fourth-order valence-electron chi connectivity index (χ4n) is 3.82. The lowest BCUT2D eigenvalue weighted by Crippen LogP contribution is -2.07. The first kappa shape index (κ1) is 22.3. The molecule has 0 saturated heterocycles. The summed E-state index contributed by atoms with van der Waals surface area (Å²) in [6, 6.07) is 22.1. The molecule has 4 aromatic rings. The number of ether oxygens (including phenoxy) is 2. The third-order valence-electron chi connectivity index (χ3n) is 5.70. The summed E-state index contributed by atoms with van der Waals surface area (Å²) in [4.78, 5) is 10.4. The number of imidazole rings is 1. The van der Waals surface area contributed by atoms with E-state index in [2.05, 4.69) is 58.4 Å². The summed E-state index contributed by atoms with van der Waals surface area (Å²) in [6.07, 6.45) is 1.66. The molecule has 0 fully saturated rings. The predicted molar refractivity (Wildman–Crippen MR) is 132 cm³/mol. The smallest absolute Gasteiger partial charge is 0.169 e. The number of phenolic OH excluding ortho intramolecular Hbond substituents is 1. The number of hydrogen-bond donors (Lipinski definition) is 2. The van der Waals surface area contributed by atoms with Crippen molar-refractivity contribution in [2.45, 2.75) is 12.8 Å². The number of nitrogens with one attached hydrogen (secondary N) is 1. The second-order valence-electron chi connectivity index (χ2n) is 8.07. The van der Waals surface area contributed by atoms with E-state index >= 15 is 0 Å². The SMILES string of the molecule is COc1cc(OC)c(O)c(-c2nc(-c3ccc(N(C)C)cc3)c(CCc3ccccc3)[nH]2)c1. The van der Waals surface area contributed by atoms with Crippen LogP contribution in [0.3, 0.4) is 0 Å². The van der Waals surface area contributed by atoms with Gasteiger partial charge in [0.15, 0.2) is 11.5 Å². The number of aromatic amines is 1. The third-order valence-corrected chi connectivity index (χ3v) is 5.70. The molecule has 170 valence electrons. The van der Waals surface area contributed by atoms with Crippen molar-refractivity contribution in [2.75, 3.05) is 33.2 Å². The van der Waals surface area contributed by atoms with Gasteiger partial charge < -0.3 is 24.5 Å². The minimum atomic E-state index is 0.0242. The largest absolute Gasteiger partial charge is 0.504 e. The van der Waals surface area contributed by atoms with Crippen LogP contribution in [0.15, 0.2) is 66.7 Å². The van der Waals surface area contributed by atoms with E-state index < -0.39 is 0 Å². The van der Waals surface area contributed by atoms with Gasteiger partial charge in [-0.2, -0.15) is 0 Å². The van der Waals surface area contributed by atoms with Crippen molar-refractivity contribution in [3.05, 3.63) is 78.0 Å². The Bertz CT molecular complexity index is 1220. The molecule has 6 nitrogen and oxygen atoms in total. The lowest BCUT2D eigenvalue weighted by molar-refractivity contribution is 0.365. The summed E-state index contributed by atoms with van der Waals surface area (Å²) in [6.45, 7) is 0. The monoisotopic (exact) mass is 443 g/mol. The molecule has 33 heavy (non-hydrogen) atoms. The van der Waals surface area contributed by atoms with Crippen molar-refractivity contribution in [2.24, 2.45) is 0 Å². The highest BCUT2D eigenvalue weighted by atomic mass is 16.5. The van der Waals surface area contributed by atoms with Crippen LogP contribution in [0, 0.1) is 0 Å². The van der Waals surface area contributed by atoms with Crippen LogP contribution in [-0.4, -0.2) is 43.4 Å². The molecule has 0 spiro atoms. The molecule has 1 aromatic heterocycles. The summed E-state index contributed by atoms with van der Waals surface area (Å²) in [5, 5.41) is 10.8. The number of aromatic nitrogens is 2. The van der Waals surface area contributed by atoms with Gasteiger partial charge in [0.25, 0.3) is 0 Å². The molecule has 0 radical (unpaired) electrons. The van der Waals surface area contributed by atoms with Gasteiger partial charge in [-0.1, -0.05) is 42.5 Å². The number of phenols is 1. The van der Waals surface area contributed by atoms with Crippen LogP contribution in [0.2, 0.25) is 0 Å². The van der Waals surface area contributed by atoms with Gasteiger partial charge >= 0.3 is 0 Å². The van der Waals surface area contributed by atoms with E-state index in [4.69, 9.17) is 14.5 Å². The zero-order chi connectivity index (χ0) is 23.4.